The van der Waals surface area contributed by atoms with Crippen molar-refractivity contribution in [2.24, 2.45) is 0 Å². The highest BCUT2D eigenvalue weighted by molar-refractivity contribution is 5.68. The predicted octanol–water partition coefficient (Wildman–Crippen LogP) is 1.10. The van der Waals surface area contributed by atoms with Crippen LogP contribution in [0.1, 0.15) is 19.5 Å². The average molecular weight is 247 g/mol. The molecular weight excluding hydrogens is 226 g/mol. The molecular formula is C13H21N5. The number of aromatic nitrogens is 1. The minimum absolute atomic E-state index is 0.655. The molecule has 0 spiro atoms. The van der Waals surface area contributed by atoms with Gasteiger partial charge in [0.25, 0.3) is 0 Å². The monoisotopic (exact) mass is 247 g/mol. The largest absolute Gasteiger partial charge is 0.396 e. The normalized spacial score (nSPS) is 16.8. The first kappa shape index (κ1) is 12.8. The van der Waals surface area contributed by atoms with Gasteiger partial charge in [0.05, 0.1) is 5.69 Å². The molecule has 2 heterocycles. The van der Waals surface area contributed by atoms with E-state index in [-0.39, 0.29) is 0 Å². The predicted molar refractivity (Wildman–Crippen MR) is 73.6 cm³/mol. The molecule has 0 amide bonds. The second-order valence-electron chi connectivity index (χ2n) is 4.59. The Morgan fingerprint density at radius 1 is 1.22 bits per heavy atom. The molecule has 1 aromatic heterocycles. The molecule has 1 aliphatic heterocycles. The number of piperazine rings is 1. The zero-order valence-electron chi connectivity index (χ0n) is 11.2. The van der Waals surface area contributed by atoms with Gasteiger partial charge in [0.1, 0.15) is 17.6 Å². The highest BCUT2D eigenvalue weighted by atomic mass is 15.3. The van der Waals surface area contributed by atoms with Crippen molar-refractivity contribution in [1.29, 1.82) is 5.26 Å². The van der Waals surface area contributed by atoms with Gasteiger partial charge in [0, 0.05) is 32.7 Å². The lowest BCUT2D eigenvalue weighted by molar-refractivity contribution is 0.270. The molecule has 1 aromatic rings. The van der Waals surface area contributed by atoms with Gasteiger partial charge >= 0.3 is 0 Å². The molecule has 0 radical (unpaired) electrons. The van der Waals surface area contributed by atoms with Crippen molar-refractivity contribution in [2.45, 2.75) is 20.4 Å². The lowest BCUT2D eigenvalue weighted by atomic mass is 10.3. The Hall–Kier alpha value is -1.67. The summed E-state index contributed by atoms with van der Waals surface area (Å²) in [6, 6.07) is 4.00. The molecule has 0 unspecified atom stereocenters. The van der Waals surface area contributed by atoms with E-state index >= 15 is 0 Å². The molecule has 0 bridgehead atoms. The Kier molecular flexibility index (Phi) is 3.78. The van der Waals surface area contributed by atoms with Crippen LogP contribution in [0.5, 0.6) is 0 Å². The van der Waals surface area contributed by atoms with Gasteiger partial charge in [-0.05, 0) is 19.5 Å². The zero-order chi connectivity index (χ0) is 13.1. The second-order valence-corrected chi connectivity index (χ2v) is 4.59. The number of nitrogens with two attached hydrogens (primary N) is 1. The molecule has 1 saturated heterocycles. The van der Waals surface area contributed by atoms with Gasteiger partial charge < -0.3 is 20.1 Å². The molecule has 0 atom stereocenters. The van der Waals surface area contributed by atoms with E-state index in [9.17, 15) is 0 Å². The maximum absolute atomic E-state index is 9.11. The van der Waals surface area contributed by atoms with Crippen molar-refractivity contribution in [1.82, 2.24) is 9.47 Å². The smallest absolute Gasteiger partial charge is 0.133 e. The molecule has 5 heteroatoms. The molecule has 1 fully saturated rings. The number of likely N-dealkylation sites (N-methyl/N-ethyl adjacent to an activating group) is 1. The molecule has 2 N–H and O–H groups in total. The first-order valence-electron chi connectivity index (χ1n) is 6.57. The number of nitrogen functional groups attached to an aromatic ring is 1. The fraction of sp³-hybridized carbons (Fsp3) is 0.615. The van der Waals surface area contributed by atoms with E-state index in [0.717, 1.165) is 50.8 Å². The van der Waals surface area contributed by atoms with E-state index in [1.807, 2.05) is 11.5 Å². The van der Waals surface area contributed by atoms with Gasteiger partial charge in [-0.1, -0.05) is 6.92 Å². The van der Waals surface area contributed by atoms with Crippen molar-refractivity contribution >= 4 is 11.5 Å². The van der Waals surface area contributed by atoms with Gasteiger partial charge in [-0.2, -0.15) is 5.26 Å². The lowest BCUT2D eigenvalue weighted by Gasteiger charge is -2.36. The molecule has 0 aliphatic carbocycles. The maximum atomic E-state index is 9.11. The number of hydrogen-bond acceptors (Lipinski definition) is 4. The quantitative estimate of drug-likeness (QED) is 0.869. The Morgan fingerprint density at radius 2 is 1.89 bits per heavy atom. The fourth-order valence-corrected chi connectivity index (χ4v) is 2.60. The first-order chi connectivity index (χ1) is 8.71. The summed E-state index contributed by atoms with van der Waals surface area (Å²) in [4.78, 5) is 4.73. The Morgan fingerprint density at radius 3 is 2.39 bits per heavy atom. The van der Waals surface area contributed by atoms with Crippen LogP contribution in [0.25, 0.3) is 0 Å². The van der Waals surface area contributed by atoms with Crippen LogP contribution in [-0.4, -0.2) is 42.2 Å². The van der Waals surface area contributed by atoms with Crippen LogP contribution in [0.3, 0.4) is 0 Å². The topological polar surface area (TPSA) is 61.2 Å². The van der Waals surface area contributed by atoms with Gasteiger partial charge in [-0.15, -0.1) is 0 Å². The molecule has 0 aromatic carbocycles. The summed E-state index contributed by atoms with van der Waals surface area (Å²) in [6.07, 6.45) is 0. The van der Waals surface area contributed by atoms with E-state index in [4.69, 9.17) is 11.0 Å². The third-order valence-electron chi connectivity index (χ3n) is 3.65. The number of anilines is 2. The summed E-state index contributed by atoms with van der Waals surface area (Å²) in [7, 11) is 0. The lowest BCUT2D eigenvalue weighted by Crippen LogP contribution is -2.47. The van der Waals surface area contributed by atoms with Crippen LogP contribution >= 0.6 is 0 Å². The fourth-order valence-electron chi connectivity index (χ4n) is 2.60. The molecule has 5 nitrogen and oxygen atoms in total. The molecule has 98 valence electrons. The van der Waals surface area contributed by atoms with Crippen LogP contribution in [0, 0.1) is 11.3 Å². The van der Waals surface area contributed by atoms with E-state index in [2.05, 4.69) is 22.8 Å². The third kappa shape index (κ3) is 2.16. The van der Waals surface area contributed by atoms with Crippen molar-refractivity contribution in [3.05, 3.63) is 11.8 Å². The Balaban J connectivity index is 2.24. The van der Waals surface area contributed by atoms with Crippen LogP contribution in [0.2, 0.25) is 0 Å². The van der Waals surface area contributed by atoms with Crippen molar-refractivity contribution in [3.63, 3.8) is 0 Å². The average Bonchev–Trinajstić information content (AvgIpc) is 2.74. The van der Waals surface area contributed by atoms with Crippen molar-refractivity contribution in [3.8, 4) is 6.07 Å². The van der Waals surface area contributed by atoms with Crippen LogP contribution in [-0.2, 0) is 6.54 Å². The summed E-state index contributed by atoms with van der Waals surface area (Å²) in [5.74, 6) is 1.02. The summed E-state index contributed by atoms with van der Waals surface area (Å²) < 4.78 is 2.01. The number of nitriles is 1. The Labute approximate surface area is 108 Å². The zero-order valence-corrected chi connectivity index (χ0v) is 11.2. The first-order valence-corrected chi connectivity index (χ1v) is 6.57. The number of hydrogen-bond donors (Lipinski definition) is 1. The van der Waals surface area contributed by atoms with Crippen LogP contribution < -0.4 is 10.6 Å². The third-order valence-corrected chi connectivity index (χ3v) is 3.65. The van der Waals surface area contributed by atoms with E-state index in [1.54, 1.807) is 6.07 Å². The van der Waals surface area contributed by atoms with Gasteiger partial charge in [-0.3, -0.25) is 0 Å². The molecule has 0 saturated carbocycles. The minimum atomic E-state index is 0.655. The summed E-state index contributed by atoms with van der Waals surface area (Å²) in [6.45, 7) is 10.2. The van der Waals surface area contributed by atoms with Gasteiger partial charge in [0.2, 0.25) is 0 Å². The summed E-state index contributed by atoms with van der Waals surface area (Å²) in [5.41, 5.74) is 7.44. The maximum Gasteiger partial charge on any atom is 0.133 e. The van der Waals surface area contributed by atoms with Crippen LogP contribution in [0.4, 0.5) is 11.5 Å². The summed E-state index contributed by atoms with van der Waals surface area (Å²) >= 11 is 0. The van der Waals surface area contributed by atoms with E-state index < -0.39 is 0 Å². The standard InChI is InChI=1S/C13H21N5/c1-3-16-5-7-17(8-6-16)13-12(15)9-11(10-14)18(13)4-2/h9H,3-8,15H2,1-2H3. The number of nitrogens with zero attached hydrogens (tertiary/aromatic N) is 4. The molecule has 2 rings (SSSR count). The summed E-state index contributed by atoms with van der Waals surface area (Å²) in [5, 5.41) is 9.11. The van der Waals surface area contributed by atoms with Crippen molar-refractivity contribution < 1.29 is 0 Å². The van der Waals surface area contributed by atoms with Crippen molar-refractivity contribution in [2.75, 3.05) is 43.4 Å². The minimum Gasteiger partial charge on any atom is -0.396 e. The number of rotatable bonds is 3. The van der Waals surface area contributed by atoms with E-state index in [1.165, 1.54) is 0 Å². The van der Waals surface area contributed by atoms with Crippen LogP contribution in [0.15, 0.2) is 6.07 Å². The Bertz CT molecular complexity index is 449. The van der Waals surface area contributed by atoms with E-state index in [0.29, 0.717) is 5.69 Å². The van der Waals surface area contributed by atoms with Gasteiger partial charge in [0.15, 0.2) is 0 Å². The highest BCUT2D eigenvalue weighted by Gasteiger charge is 2.22. The van der Waals surface area contributed by atoms with Gasteiger partial charge in [-0.25, -0.2) is 0 Å². The SMILES string of the molecule is CCN1CCN(c2c(N)cc(C#N)n2CC)CC1. The highest BCUT2D eigenvalue weighted by Crippen LogP contribution is 2.28. The molecule has 1 aliphatic rings. The molecule has 18 heavy (non-hydrogen) atoms. The second kappa shape index (κ2) is 5.32.